The molecule has 1 heterocycles. The SMILES string of the molecule is CC(C)(C)C1CCCC(CN)(N2CCCCC2)CC1. The molecule has 0 aromatic rings. The minimum absolute atomic E-state index is 0.334. The molecule has 2 fully saturated rings. The van der Waals surface area contributed by atoms with Gasteiger partial charge in [-0.2, -0.15) is 0 Å². The molecule has 0 radical (unpaired) electrons. The van der Waals surface area contributed by atoms with E-state index in [0.29, 0.717) is 11.0 Å². The second-order valence-corrected chi connectivity index (χ2v) is 7.97. The topological polar surface area (TPSA) is 29.3 Å². The fourth-order valence-corrected chi connectivity index (χ4v) is 4.27. The van der Waals surface area contributed by atoms with E-state index in [1.54, 1.807) is 0 Å². The molecule has 1 aliphatic carbocycles. The highest BCUT2D eigenvalue weighted by molar-refractivity contribution is 4.96. The Hall–Kier alpha value is -0.0800. The van der Waals surface area contributed by atoms with Gasteiger partial charge in [-0.05, 0) is 62.9 Å². The highest BCUT2D eigenvalue weighted by Gasteiger charge is 2.39. The third-order valence-electron chi connectivity index (χ3n) is 5.78. The second-order valence-electron chi connectivity index (χ2n) is 7.97. The molecule has 2 nitrogen and oxygen atoms in total. The monoisotopic (exact) mass is 266 g/mol. The molecule has 0 amide bonds. The molecule has 2 heteroatoms. The van der Waals surface area contributed by atoms with Crippen LogP contribution >= 0.6 is 0 Å². The summed E-state index contributed by atoms with van der Waals surface area (Å²) in [5.74, 6) is 0.880. The van der Waals surface area contributed by atoms with E-state index in [0.717, 1.165) is 12.5 Å². The largest absolute Gasteiger partial charge is 0.329 e. The minimum atomic E-state index is 0.334. The first-order valence-electron chi connectivity index (χ1n) is 8.43. The number of hydrogen-bond acceptors (Lipinski definition) is 2. The van der Waals surface area contributed by atoms with Crippen molar-refractivity contribution in [2.24, 2.45) is 17.1 Å². The second kappa shape index (κ2) is 6.13. The van der Waals surface area contributed by atoms with Crippen molar-refractivity contribution < 1.29 is 0 Å². The van der Waals surface area contributed by atoms with Gasteiger partial charge in [0.05, 0.1) is 0 Å². The number of likely N-dealkylation sites (tertiary alicyclic amines) is 1. The Balaban J connectivity index is 2.05. The molecule has 1 aliphatic heterocycles. The molecule has 0 spiro atoms. The van der Waals surface area contributed by atoms with Crippen molar-refractivity contribution in [3.63, 3.8) is 0 Å². The van der Waals surface area contributed by atoms with E-state index in [4.69, 9.17) is 5.73 Å². The predicted octanol–water partition coefficient (Wildman–Crippen LogP) is 3.80. The van der Waals surface area contributed by atoms with Gasteiger partial charge in [0, 0.05) is 12.1 Å². The third-order valence-corrected chi connectivity index (χ3v) is 5.78. The van der Waals surface area contributed by atoms with Crippen LogP contribution in [0.25, 0.3) is 0 Å². The van der Waals surface area contributed by atoms with Crippen molar-refractivity contribution in [3.05, 3.63) is 0 Å². The summed E-state index contributed by atoms with van der Waals surface area (Å²) in [6, 6.07) is 0. The highest BCUT2D eigenvalue weighted by atomic mass is 15.2. The van der Waals surface area contributed by atoms with Crippen LogP contribution in [0.4, 0.5) is 0 Å². The predicted molar refractivity (Wildman–Crippen MR) is 83.2 cm³/mol. The van der Waals surface area contributed by atoms with Crippen molar-refractivity contribution in [2.45, 2.75) is 77.7 Å². The fourth-order valence-electron chi connectivity index (χ4n) is 4.27. The van der Waals surface area contributed by atoms with E-state index < -0.39 is 0 Å². The van der Waals surface area contributed by atoms with Crippen LogP contribution in [0.15, 0.2) is 0 Å². The van der Waals surface area contributed by atoms with E-state index in [1.807, 2.05) is 0 Å². The normalized spacial score (nSPS) is 35.1. The number of piperidine rings is 1. The summed E-state index contributed by atoms with van der Waals surface area (Å²) in [6.45, 7) is 10.7. The molecule has 2 unspecified atom stereocenters. The standard InChI is InChI=1S/C17H34N2/c1-16(2,3)15-8-7-10-17(14-18,11-9-15)19-12-5-4-6-13-19/h15H,4-14,18H2,1-3H3. The lowest BCUT2D eigenvalue weighted by Crippen LogP contribution is -2.55. The van der Waals surface area contributed by atoms with Gasteiger partial charge in [0.25, 0.3) is 0 Å². The summed E-state index contributed by atoms with van der Waals surface area (Å²) >= 11 is 0. The molecular weight excluding hydrogens is 232 g/mol. The van der Waals surface area contributed by atoms with Crippen molar-refractivity contribution in [2.75, 3.05) is 19.6 Å². The first kappa shape index (κ1) is 15.3. The summed E-state index contributed by atoms with van der Waals surface area (Å²) in [4.78, 5) is 2.75. The van der Waals surface area contributed by atoms with Crippen molar-refractivity contribution in [1.29, 1.82) is 0 Å². The smallest absolute Gasteiger partial charge is 0.0331 e. The zero-order chi connectivity index (χ0) is 13.9. The summed E-state index contributed by atoms with van der Waals surface area (Å²) in [6.07, 6.45) is 11.0. The van der Waals surface area contributed by atoms with Gasteiger partial charge in [-0.25, -0.2) is 0 Å². The van der Waals surface area contributed by atoms with Gasteiger partial charge in [-0.15, -0.1) is 0 Å². The van der Waals surface area contributed by atoms with Gasteiger partial charge in [-0.1, -0.05) is 33.6 Å². The van der Waals surface area contributed by atoms with E-state index in [2.05, 4.69) is 25.7 Å². The summed E-state index contributed by atoms with van der Waals surface area (Å²) in [5.41, 5.74) is 7.05. The van der Waals surface area contributed by atoms with Crippen LogP contribution in [-0.2, 0) is 0 Å². The molecule has 0 aromatic carbocycles. The average molecular weight is 266 g/mol. The lowest BCUT2D eigenvalue weighted by molar-refractivity contribution is 0.0559. The zero-order valence-corrected chi connectivity index (χ0v) is 13.4. The molecule has 2 aliphatic rings. The molecule has 112 valence electrons. The van der Waals surface area contributed by atoms with Gasteiger partial charge in [0.1, 0.15) is 0 Å². The Labute approximate surface area is 120 Å². The van der Waals surface area contributed by atoms with Crippen LogP contribution in [0, 0.1) is 11.3 Å². The zero-order valence-electron chi connectivity index (χ0n) is 13.4. The molecule has 1 saturated heterocycles. The molecule has 0 bridgehead atoms. The highest BCUT2D eigenvalue weighted by Crippen LogP contribution is 2.42. The van der Waals surface area contributed by atoms with Crippen LogP contribution in [0.5, 0.6) is 0 Å². The summed E-state index contributed by atoms with van der Waals surface area (Å²) in [7, 11) is 0. The molecular formula is C17H34N2. The molecule has 0 aromatic heterocycles. The van der Waals surface area contributed by atoms with Gasteiger partial charge < -0.3 is 5.73 Å². The molecule has 19 heavy (non-hydrogen) atoms. The van der Waals surface area contributed by atoms with E-state index in [1.165, 1.54) is 64.5 Å². The summed E-state index contributed by atoms with van der Waals surface area (Å²) < 4.78 is 0. The maximum Gasteiger partial charge on any atom is 0.0331 e. The maximum atomic E-state index is 6.25. The van der Waals surface area contributed by atoms with Crippen LogP contribution in [0.3, 0.4) is 0 Å². The van der Waals surface area contributed by atoms with Crippen LogP contribution in [0.1, 0.15) is 72.1 Å². The number of nitrogens with two attached hydrogens (primary N) is 1. The first-order valence-corrected chi connectivity index (χ1v) is 8.43. The van der Waals surface area contributed by atoms with Crippen molar-refractivity contribution in [3.8, 4) is 0 Å². The number of rotatable bonds is 2. The number of nitrogens with zero attached hydrogens (tertiary/aromatic N) is 1. The lowest BCUT2D eigenvalue weighted by atomic mass is 9.76. The number of hydrogen-bond donors (Lipinski definition) is 1. The fraction of sp³-hybridized carbons (Fsp3) is 1.00. The van der Waals surface area contributed by atoms with E-state index in [-0.39, 0.29) is 0 Å². The minimum Gasteiger partial charge on any atom is -0.329 e. The Morgan fingerprint density at radius 3 is 2.26 bits per heavy atom. The quantitative estimate of drug-likeness (QED) is 0.770. The first-order chi connectivity index (χ1) is 8.98. The van der Waals surface area contributed by atoms with Gasteiger partial charge in [0.15, 0.2) is 0 Å². The van der Waals surface area contributed by atoms with Crippen molar-refractivity contribution in [1.82, 2.24) is 4.90 Å². The third kappa shape index (κ3) is 3.52. The molecule has 1 saturated carbocycles. The average Bonchev–Trinajstić information content (AvgIpc) is 2.62. The maximum absolute atomic E-state index is 6.25. The van der Waals surface area contributed by atoms with Crippen molar-refractivity contribution >= 4 is 0 Å². The van der Waals surface area contributed by atoms with E-state index in [9.17, 15) is 0 Å². The van der Waals surface area contributed by atoms with Crippen LogP contribution in [-0.4, -0.2) is 30.1 Å². The van der Waals surface area contributed by atoms with Gasteiger partial charge in [0.2, 0.25) is 0 Å². The van der Waals surface area contributed by atoms with Gasteiger partial charge >= 0.3 is 0 Å². The van der Waals surface area contributed by atoms with Crippen LogP contribution < -0.4 is 5.73 Å². The Kier molecular flexibility index (Phi) is 4.94. The summed E-state index contributed by atoms with van der Waals surface area (Å²) in [5, 5.41) is 0. The molecule has 2 atom stereocenters. The van der Waals surface area contributed by atoms with Crippen LogP contribution in [0.2, 0.25) is 0 Å². The molecule has 2 rings (SSSR count). The molecule has 2 N–H and O–H groups in total. The van der Waals surface area contributed by atoms with Gasteiger partial charge in [-0.3, -0.25) is 4.90 Å². The lowest BCUT2D eigenvalue weighted by Gasteiger charge is -2.45. The van der Waals surface area contributed by atoms with E-state index >= 15 is 0 Å². The Bertz CT molecular complexity index is 275. The Morgan fingerprint density at radius 2 is 1.68 bits per heavy atom. The Morgan fingerprint density at radius 1 is 1.00 bits per heavy atom.